The summed E-state index contributed by atoms with van der Waals surface area (Å²) in [5, 5.41) is 0.457. The number of rotatable bonds is 3. The van der Waals surface area contributed by atoms with Crippen LogP contribution in [0.15, 0.2) is 23.4 Å². The zero-order chi connectivity index (χ0) is 11.8. The maximum atomic E-state index is 9.96. The topological polar surface area (TPSA) is 58.1 Å². The molecule has 0 aliphatic carbocycles. The van der Waals surface area contributed by atoms with Crippen molar-refractivity contribution in [2.45, 2.75) is 12.1 Å². The number of H-pyrrole nitrogens is 1. The predicted octanol–water partition coefficient (Wildman–Crippen LogP) is 2.90. The standard InChI is InChI=1S/C11H14N2O2S/c1-4-16(3,14)11-12-9-6-5-8(15-2)7-10(9)13-11/h3,5-7,14H,4H2,1-2H3,(H,12,13). The molecule has 1 unspecified atom stereocenters. The monoisotopic (exact) mass is 238 g/mol. The van der Waals surface area contributed by atoms with Gasteiger partial charge in [0.25, 0.3) is 0 Å². The van der Waals surface area contributed by atoms with Crippen LogP contribution in [0.25, 0.3) is 11.0 Å². The molecule has 1 aromatic carbocycles. The molecule has 1 atom stereocenters. The van der Waals surface area contributed by atoms with Crippen molar-refractivity contribution in [1.29, 1.82) is 0 Å². The van der Waals surface area contributed by atoms with Crippen molar-refractivity contribution in [2.75, 3.05) is 12.9 Å². The molecule has 0 amide bonds. The van der Waals surface area contributed by atoms with Crippen molar-refractivity contribution in [3.8, 4) is 5.75 Å². The zero-order valence-corrected chi connectivity index (χ0v) is 10.0. The number of fused-ring (bicyclic) bond motifs is 1. The number of hydrogen-bond acceptors (Lipinski definition) is 3. The summed E-state index contributed by atoms with van der Waals surface area (Å²) >= 11 is 0. The molecular formula is C11H14N2O2S. The first kappa shape index (κ1) is 11.3. The fourth-order valence-electron chi connectivity index (χ4n) is 1.40. The quantitative estimate of drug-likeness (QED) is 0.864. The van der Waals surface area contributed by atoms with Crippen LogP contribution in [0.3, 0.4) is 0 Å². The summed E-state index contributed by atoms with van der Waals surface area (Å²) in [6, 6.07) is 5.49. The molecule has 0 saturated heterocycles. The number of aromatic amines is 1. The van der Waals surface area contributed by atoms with Gasteiger partial charge in [0.15, 0.2) is 5.16 Å². The summed E-state index contributed by atoms with van der Waals surface area (Å²) in [6.45, 7) is 1.84. The lowest BCUT2D eigenvalue weighted by Crippen LogP contribution is -1.99. The molecule has 2 rings (SSSR count). The van der Waals surface area contributed by atoms with E-state index in [0.29, 0.717) is 10.9 Å². The van der Waals surface area contributed by atoms with Gasteiger partial charge in [-0.2, -0.15) is 0 Å². The van der Waals surface area contributed by atoms with Crippen LogP contribution in [0.2, 0.25) is 0 Å². The third-order valence-corrected chi connectivity index (χ3v) is 4.19. The fraction of sp³-hybridized carbons (Fsp3) is 0.273. The van der Waals surface area contributed by atoms with Gasteiger partial charge in [-0.3, -0.25) is 0 Å². The second-order valence-corrected chi connectivity index (χ2v) is 5.94. The number of ether oxygens (including phenoxy) is 1. The van der Waals surface area contributed by atoms with E-state index in [0.717, 1.165) is 16.8 Å². The number of imidazole rings is 1. The van der Waals surface area contributed by atoms with Crippen molar-refractivity contribution >= 4 is 21.3 Å². The van der Waals surface area contributed by atoms with E-state index in [1.165, 1.54) is 0 Å². The maximum Gasteiger partial charge on any atom is 0.171 e. The van der Waals surface area contributed by atoms with E-state index in [1.807, 2.05) is 25.1 Å². The largest absolute Gasteiger partial charge is 0.497 e. The summed E-state index contributed by atoms with van der Waals surface area (Å²) in [7, 11) is -0.681. The van der Waals surface area contributed by atoms with Crippen LogP contribution in [-0.4, -0.2) is 27.4 Å². The second-order valence-electron chi connectivity index (χ2n) is 3.47. The Morgan fingerprint density at radius 3 is 2.94 bits per heavy atom. The normalized spacial score (nSPS) is 17.0. The van der Waals surface area contributed by atoms with Gasteiger partial charge in [-0.05, 0) is 12.1 Å². The van der Waals surface area contributed by atoms with E-state index in [2.05, 4.69) is 9.97 Å². The van der Waals surface area contributed by atoms with Crippen LogP contribution in [0.1, 0.15) is 6.92 Å². The highest BCUT2D eigenvalue weighted by molar-refractivity contribution is 8.30. The summed E-state index contributed by atoms with van der Waals surface area (Å²) in [4.78, 5) is 7.31. The zero-order valence-electron chi connectivity index (χ0n) is 9.23. The Kier molecular flexibility index (Phi) is 2.82. The molecule has 1 heterocycles. The molecule has 0 saturated carbocycles. The van der Waals surface area contributed by atoms with Crippen LogP contribution in [-0.2, 0) is 0 Å². The van der Waals surface area contributed by atoms with Gasteiger partial charge < -0.3 is 14.3 Å². The minimum Gasteiger partial charge on any atom is -0.497 e. The Morgan fingerprint density at radius 1 is 1.56 bits per heavy atom. The maximum absolute atomic E-state index is 9.96. The smallest absolute Gasteiger partial charge is 0.171 e. The predicted molar refractivity (Wildman–Crippen MR) is 66.0 cm³/mol. The van der Waals surface area contributed by atoms with Gasteiger partial charge in [-0.1, -0.05) is 17.2 Å². The van der Waals surface area contributed by atoms with Crippen molar-refractivity contribution in [2.24, 2.45) is 0 Å². The molecule has 0 aliphatic heterocycles. The van der Waals surface area contributed by atoms with E-state index in [4.69, 9.17) is 11.0 Å². The number of benzene rings is 1. The molecular weight excluding hydrogens is 224 g/mol. The van der Waals surface area contributed by atoms with Crippen molar-refractivity contribution in [3.05, 3.63) is 24.5 Å². The minimum atomic E-state index is -2.29. The van der Waals surface area contributed by atoms with Gasteiger partial charge in [0.05, 0.1) is 18.1 Å². The highest BCUT2D eigenvalue weighted by Gasteiger charge is 2.19. The fourth-order valence-corrected chi connectivity index (χ4v) is 2.21. The first-order valence-electron chi connectivity index (χ1n) is 4.92. The first-order chi connectivity index (χ1) is 7.56. The van der Waals surface area contributed by atoms with Crippen molar-refractivity contribution in [3.63, 3.8) is 0 Å². The summed E-state index contributed by atoms with van der Waals surface area (Å²) in [5.74, 6) is 1.22. The van der Waals surface area contributed by atoms with Crippen molar-refractivity contribution < 1.29 is 9.29 Å². The number of nitrogens with zero attached hydrogens (tertiary/aromatic N) is 1. The average Bonchev–Trinajstić information content (AvgIpc) is 2.72. The van der Waals surface area contributed by atoms with Crippen LogP contribution < -0.4 is 4.74 Å². The van der Waals surface area contributed by atoms with E-state index in [1.54, 1.807) is 7.11 Å². The number of hydrogen-bond donors (Lipinski definition) is 2. The highest BCUT2D eigenvalue weighted by atomic mass is 32.3. The van der Waals surface area contributed by atoms with Gasteiger partial charge >= 0.3 is 0 Å². The Bertz CT molecular complexity index is 508. The lowest BCUT2D eigenvalue weighted by atomic mass is 10.3. The van der Waals surface area contributed by atoms with Gasteiger partial charge in [-0.25, -0.2) is 4.98 Å². The molecule has 4 nitrogen and oxygen atoms in total. The van der Waals surface area contributed by atoms with E-state index >= 15 is 0 Å². The van der Waals surface area contributed by atoms with Gasteiger partial charge in [0.1, 0.15) is 5.75 Å². The molecule has 0 bridgehead atoms. The lowest BCUT2D eigenvalue weighted by Gasteiger charge is -2.23. The van der Waals surface area contributed by atoms with Crippen LogP contribution >= 0.6 is 10.3 Å². The summed E-state index contributed by atoms with van der Waals surface area (Å²) < 4.78 is 15.1. The molecule has 1 aromatic heterocycles. The first-order valence-corrected chi connectivity index (χ1v) is 6.74. The SMILES string of the molecule is [CH]S(O)(CC)c1nc2ccc(OC)cc2[nH]1. The van der Waals surface area contributed by atoms with Crippen LogP contribution in [0.4, 0.5) is 0 Å². The Balaban J connectivity index is 2.52. The van der Waals surface area contributed by atoms with E-state index < -0.39 is 10.3 Å². The number of nitrogens with one attached hydrogen (secondary N) is 1. The van der Waals surface area contributed by atoms with Crippen LogP contribution in [0.5, 0.6) is 5.75 Å². The van der Waals surface area contributed by atoms with Crippen molar-refractivity contribution in [1.82, 2.24) is 9.97 Å². The number of methoxy groups -OCH3 is 1. The third kappa shape index (κ3) is 1.88. The second kappa shape index (κ2) is 3.99. The van der Waals surface area contributed by atoms with Crippen LogP contribution in [0, 0.1) is 6.26 Å². The van der Waals surface area contributed by atoms with Gasteiger partial charge in [-0.15, -0.1) is 0 Å². The molecule has 2 aromatic rings. The Morgan fingerprint density at radius 2 is 2.31 bits per heavy atom. The highest BCUT2D eigenvalue weighted by Crippen LogP contribution is 2.48. The van der Waals surface area contributed by atoms with Gasteiger partial charge in [0, 0.05) is 18.1 Å². The molecule has 2 radical (unpaired) electrons. The summed E-state index contributed by atoms with van der Waals surface area (Å²) in [6.07, 6.45) is 5.79. The van der Waals surface area contributed by atoms with E-state index in [9.17, 15) is 4.55 Å². The molecule has 0 aliphatic rings. The molecule has 5 heteroatoms. The Hall–Kier alpha value is -1.20. The molecule has 0 spiro atoms. The third-order valence-electron chi connectivity index (χ3n) is 2.44. The number of aromatic nitrogens is 2. The van der Waals surface area contributed by atoms with E-state index in [-0.39, 0.29) is 0 Å². The molecule has 16 heavy (non-hydrogen) atoms. The summed E-state index contributed by atoms with van der Waals surface area (Å²) in [5.41, 5.74) is 1.60. The average molecular weight is 238 g/mol. The lowest BCUT2D eigenvalue weighted by molar-refractivity contribution is 0.415. The minimum absolute atomic E-state index is 0.457. The molecule has 0 fully saturated rings. The van der Waals surface area contributed by atoms with Gasteiger partial charge in [0.2, 0.25) is 0 Å². The Labute approximate surface area is 96.2 Å². The molecule has 2 N–H and O–H groups in total. The molecule has 86 valence electrons.